The van der Waals surface area contributed by atoms with Gasteiger partial charge in [0.1, 0.15) is 0 Å². The Labute approximate surface area is 124 Å². The molecule has 1 aliphatic carbocycles. The fraction of sp³-hybridized carbons (Fsp3) is 0.353. The summed E-state index contributed by atoms with van der Waals surface area (Å²) in [5.74, 6) is 0. The summed E-state index contributed by atoms with van der Waals surface area (Å²) in [6.45, 7) is 6.21. The summed E-state index contributed by atoms with van der Waals surface area (Å²) in [5, 5.41) is 7.12. The number of aromatic nitrogens is 1. The monoisotopic (exact) mass is 283 g/mol. The van der Waals surface area contributed by atoms with E-state index in [1.807, 2.05) is 0 Å². The van der Waals surface area contributed by atoms with Crippen molar-refractivity contribution in [3.8, 4) is 0 Å². The van der Waals surface area contributed by atoms with Crippen molar-refractivity contribution in [1.29, 1.82) is 0 Å². The van der Waals surface area contributed by atoms with Crippen LogP contribution in [0.2, 0.25) is 0 Å². The van der Waals surface area contributed by atoms with Gasteiger partial charge in [-0.15, -0.1) is 6.58 Å². The highest BCUT2D eigenvalue weighted by Crippen LogP contribution is 2.29. The predicted molar refractivity (Wildman–Crippen MR) is 85.6 cm³/mol. The molecule has 1 heterocycles. The molecule has 1 atom stereocenters. The van der Waals surface area contributed by atoms with Gasteiger partial charge in [0.05, 0.1) is 0 Å². The molecule has 1 aliphatic rings. The van der Waals surface area contributed by atoms with Gasteiger partial charge in [0.25, 0.3) is 0 Å². The first-order valence-corrected chi connectivity index (χ1v) is 7.42. The standard InChI is InChI=1S/C17H21N3O/c1-3-8-18-17(21)19-12-5-6-13-14-9-11(2)4-7-15(14)20-16(13)10-12/h3-4,7,9,12,20H,1,5-6,8,10H2,2H3,(H2,18,19,21). The number of H-pyrrole nitrogens is 1. The molecule has 3 rings (SSSR count). The van der Waals surface area contributed by atoms with Crippen LogP contribution in [-0.4, -0.2) is 23.6 Å². The molecule has 1 aromatic carbocycles. The Bertz CT molecular complexity index is 687. The van der Waals surface area contributed by atoms with Crippen LogP contribution < -0.4 is 10.6 Å². The van der Waals surface area contributed by atoms with E-state index in [1.165, 1.54) is 27.7 Å². The number of aromatic amines is 1. The molecule has 3 N–H and O–H groups in total. The van der Waals surface area contributed by atoms with Crippen LogP contribution in [0.3, 0.4) is 0 Å². The number of benzene rings is 1. The van der Waals surface area contributed by atoms with Gasteiger partial charge in [0.15, 0.2) is 0 Å². The van der Waals surface area contributed by atoms with Crippen molar-refractivity contribution in [2.45, 2.75) is 32.2 Å². The van der Waals surface area contributed by atoms with Crippen molar-refractivity contribution in [3.05, 3.63) is 47.7 Å². The molecule has 0 bridgehead atoms. The zero-order chi connectivity index (χ0) is 14.8. The van der Waals surface area contributed by atoms with Gasteiger partial charge in [0.2, 0.25) is 0 Å². The van der Waals surface area contributed by atoms with Crippen molar-refractivity contribution in [2.75, 3.05) is 6.54 Å². The minimum absolute atomic E-state index is 0.115. The van der Waals surface area contributed by atoms with E-state index in [0.29, 0.717) is 6.54 Å². The lowest BCUT2D eigenvalue weighted by molar-refractivity contribution is 0.236. The number of carbonyl (C=O) groups excluding carboxylic acids is 1. The van der Waals surface area contributed by atoms with Crippen molar-refractivity contribution < 1.29 is 4.79 Å². The van der Waals surface area contributed by atoms with Gasteiger partial charge in [-0.25, -0.2) is 4.79 Å². The Hall–Kier alpha value is -2.23. The highest BCUT2D eigenvalue weighted by atomic mass is 16.2. The molecule has 2 amide bonds. The second kappa shape index (κ2) is 5.64. The second-order valence-electron chi connectivity index (χ2n) is 5.71. The molecular weight excluding hydrogens is 262 g/mol. The van der Waals surface area contributed by atoms with Gasteiger partial charge in [-0.2, -0.15) is 0 Å². The lowest BCUT2D eigenvalue weighted by atomic mass is 9.91. The summed E-state index contributed by atoms with van der Waals surface area (Å²) >= 11 is 0. The summed E-state index contributed by atoms with van der Waals surface area (Å²) in [7, 11) is 0. The van der Waals surface area contributed by atoms with Gasteiger partial charge >= 0.3 is 6.03 Å². The van der Waals surface area contributed by atoms with Crippen LogP contribution in [0.25, 0.3) is 10.9 Å². The minimum Gasteiger partial charge on any atom is -0.358 e. The number of hydrogen-bond donors (Lipinski definition) is 3. The lowest BCUT2D eigenvalue weighted by Gasteiger charge is -2.23. The summed E-state index contributed by atoms with van der Waals surface area (Å²) in [4.78, 5) is 15.2. The molecule has 1 aromatic heterocycles. The molecule has 1 unspecified atom stereocenters. The summed E-state index contributed by atoms with van der Waals surface area (Å²) in [6, 6.07) is 6.59. The Morgan fingerprint density at radius 3 is 3.19 bits per heavy atom. The Morgan fingerprint density at radius 1 is 1.52 bits per heavy atom. The highest BCUT2D eigenvalue weighted by molar-refractivity contribution is 5.85. The molecule has 110 valence electrons. The third-order valence-electron chi connectivity index (χ3n) is 4.09. The number of aryl methyl sites for hydroxylation is 2. The van der Waals surface area contributed by atoms with Gasteiger partial charge in [-0.3, -0.25) is 0 Å². The van der Waals surface area contributed by atoms with Crippen LogP contribution in [0.4, 0.5) is 4.79 Å². The number of rotatable bonds is 3. The fourth-order valence-electron chi connectivity index (χ4n) is 3.07. The van der Waals surface area contributed by atoms with Gasteiger partial charge < -0.3 is 15.6 Å². The first-order chi connectivity index (χ1) is 10.2. The summed E-state index contributed by atoms with van der Waals surface area (Å²) < 4.78 is 0. The number of carbonyl (C=O) groups is 1. The van der Waals surface area contributed by atoms with E-state index < -0.39 is 0 Å². The average molecular weight is 283 g/mol. The summed E-state index contributed by atoms with van der Waals surface area (Å²) in [5.41, 5.74) is 5.16. The third-order valence-corrected chi connectivity index (χ3v) is 4.09. The molecule has 4 nitrogen and oxygen atoms in total. The molecule has 0 fully saturated rings. The SMILES string of the molecule is C=CCNC(=O)NC1CCc2c([nH]c3ccc(C)cc23)C1. The van der Waals surface area contributed by atoms with E-state index in [2.05, 4.69) is 47.3 Å². The molecular formula is C17H21N3O. The van der Waals surface area contributed by atoms with E-state index >= 15 is 0 Å². The first kappa shape index (κ1) is 13.7. The van der Waals surface area contributed by atoms with Crippen molar-refractivity contribution in [1.82, 2.24) is 15.6 Å². The van der Waals surface area contributed by atoms with Crippen LogP contribution in [0.5, 0.6) is 0 Å². The second-order valence-corrected chi connectivity index (χ2v) is 5.71. The molecule has 0 saturated heterocycles. The van der Waals surface area contributed by atoms with Crippen molar-refractivity contribution in [2.24, 2.45) is 0 Å². The summed E-state index contributed by atoms with van der Waals surface area (Å²) in [6.07, 6.45) is 4.53. The van der Waals surface area contributed by atoms with E-state index in [9.17, 15) is 4.79 Å². The zero-order valence-corrected chi connectivity index (χ0v) is 12.3. The van der Waals surface area contributed by atoms with E-state index in [-0.39, 0.29) is 12.1 Å². The number of nitrogens with one attached hydrogen (secondary N) is 3. The molecule has 0 spiro atoms. The predicted octanol–water partition coefficient (Wildman–Crippen LogP) is 2.82. The Kier molecular flexibility index (Phi) is 3.69. The molecule has 0 saturated carbocycles. The zero-order valence-electron chi connectivity index (χ0n) is 12.3. The van der Waals surface area contributed by atoms with Gasteiger partial charge in [-0.1, -0.05) is 17.7 Å². The lowest BCUT2D eigenvalue weighted by Crippen LogP contribution is -2.44. The number of hydrogen-bond acceptors (Lipinski definition) is 1. The minimum atomic E-state index is -0.115. The molecule has 4 heteroatoms. The van der Waals surface area contributed by atoms with E-state index in [0.717, 1.165) is 19.3 Å². The number of amides is 2. The number of urea groups is 1. The smallest absolute Gasteiger partial charge is 0.315 e. The van der Waals surface area contributed by atoms with Crippen LogP contribution in [0.1, 0.15) is 23.2 Å². The van der Waals surface area contributed by atoms with Crippen LogP contribution in [-0.2, 0) is 12.8 Å². The maximum Gasteiger partial charge on any atom is 0.315 e. The fourth-order valence-corrected chi connectivity index (χ4v) is 3.07. The van der Waals surface area contributed by atoms with Crippen LogP contribution >= 0.6 is 0 Å². The normalized spacial score (nSPS) is 17.3. The maximum atomic E-state index is 11.7. The number of fused-ring (bicyclic) bond motifs is 3. The van der Waals surface area contributed by atoms with Crippen LogP contribution in [0, 0.1) is 6.92 Å². The average Bonchev–Trinajstić information content (AvgIpc) is 2.82. The Balaban J connectivity index is 1.75. The van der Waals surface area contributed by atoms with Crippen molar-refractivity contribution in [3.63, 3.8) is 0 Å². The molecule has 21 heavy (non-hydrogen) atoms. The van der Waals surface area contributed by atoms with E-state index in [1.54, 1.807) is 6.08 Å². The quantitative estimate of drug-likeness (QED) is 0.745. The van der Waals surface area contributed by atoms with Crippen molar-refractivity contribution >= 4 is 16.9 Å². The largest absolute Gasteiger partial charge is 0.358 e. The third kappa shape index (κ3) is 2.79. The molecule has 0 radical (unpaired) electrons. The van der Waals surface area contributed by atoms with Gasteiger partial charge in [0, 0.05) is 35.6 Å². The van der Waals surface area contributed by atoms with Crippen LogP contribution in [0.15, 0.2) is 30.9 Å². The molecule has 2 aromatic rings. The highest BCUT2D eigenvalue weighted by Gasteiger charge is 2.23. The van der Waals surface area contributed by atoms with E-state index in [4.69, 9.17) is 0 Å². The Morgan fingerprint density at radius 2 is 2.38 bits per heavy atom. The maximum absolute atomic E-state index is 11.7. The van der Waals surface area contributed by atoms with Gasteiger partial charge in [-0.05, 0) is 37.5 Å². The topological polar surface area (TPSA) is 56.9 Å². The first-order valence-electron chi connectivity index (χ1n) is 7.42. The molecule has 0 aliphatic heterocycles.